The molecule has 2 aromatic rings. The van der Waals surface area contributed by atoms with Crippen LogP contribution in [0.3, 0.4) is 0 Å². The topological polar surface area (TPSA) is 102 Å². The SMILES string of the molecule is Cc1ccc(-c2noc(CS(=O)(=O)C(C)C(=O)NC3CC3)n2)cc1. The second-order valence-electron chi connectivity index (χ2n) is 6.11. The molecule has 0 saturated heterocycles. The molecule has 0 bridgehead atoms. The lowest BCUT2D eigenvalue weighted by Gasteiger charge is -2.11. The number of nitrogens with zero attached hydrogens (tertiary/aromatic N) is 2. The van der Waals surface area contributed by atoms with Gasteiger partial charge in [-0.15, -0.1) is 0 Å². The zero-order valence-electron chi connectivity index (χ0n) is 13.5. The van der Waals surface area contributed by atoms with Crippen molar-refractivity contribution in [3.05, 3.63) is 35.7 Å². The van der Waals surface area contributed by atoms with Gasteiger partial charge in [0.15, 0.2) is 9.84 Å². The summed E-state index contributed by atoms with van der Waals surface area (Å²) >= 11 is 0. The molecule has 0 radical (unpaired) electrons. The first-order chi connectivity index (χ1) is 11.3. The first-order valence-corrected chi connectivity index (χ1v) is 9.48. The molecule has 1 atom stereocenters. The molecule has 0 aliphatic heterocycles. The number of carbonyl (C=O) groups is 1. The molecule has 128 valence electrons. The molecule has 7 nitrogen and oxygen atoms in total. The third kappa shape index (κ3) is 3.81. The molecule has 1 N–H and O–H groups in total. The summed E-state index contributed by atoms with van der Waals surface area (Å²) in [6.07, 6.45) is 1.81. The number of benzene rings is 1. The Labute approximate surface area is 140 Å². The Balaban J connectivity index is 1.70. The van der Waals surface area contributed by atoms with Gasteiger partial charge in [-0.3, -0.25) is 4.79 Å². The maximum absolute atomic E-state index is 12.3. The van der Waals surface area contributed by atoms with Crippen molar-refractivity contribution < 1.29 is 17.7 Å². The summed E-state index contributed by atoms with van der Waals surface area (Å²) in [4.78, 5) is 16.1. The van der Waals surface area contributed by atoms with Crippen LogP contribution in [-0.2, 0) is 20.4 Å². The minimum absolute atomic E-state index is 0.0170. The number of aryl methyl sites for hydroxylation is 1. The van der Waals surface area contributed by atoms with Crippen molar-refractivity contribution in [3.8, 4) is 11.4 Å². The van der Waals surface area contributed by atoms with E-state index in [0.29, 0.717) is 5.82 Å². The van der Waals surface area contributed by atoms with Gasteiger partial charge in [0.25, 0.3) is 0 Å². The highest BCUT2D eigenvalue weighted by molar-refractivity contribution is 7.92. The fourth-order valence-corrected chi connectivity index (χ4v) is 3.25. The predicted octanol–water partition coefficient (Wildman–Crippen LogP) is 1.63. The summed E-state index contributed by atoms with van der Waals surface area (Å²) in [6.45, 7) is 3.34. The lowest BCUT2D eigenvalue weighted by molar-refractivity contribution is -0.120. The van der Waals surface area contributed by atoms with E-state index in [2.05, 4.69) is 15.5 Å². The number of rotatable bonds is 6. The minimum Gasteiger partial charge on any atom is -0.352 e. The molecule has 0 spiro atoms. The van der Waals surface area contributed by atoms with E-state index in [1.54, 1.807) is 0 Å². The molecule has 1 aromatic heterocycles. The second-order valence-corrected chi connectivity index (χ2v) is 8.43. The highest BCUT2D eigenvalue weighted by Gasteiger charge is 2.33. The van der Waals surface area contributed by atoms with Gasteiger partial charge in [-0.25, -0.2) is 8.42 Å². The van der Waals surface area contributed by atoms with Crippen LogP contribution in [0.5, 0.6) is 0 Å². The van der Waals surface area contributed by atoms with Gasteiger partial charge in [0, 0.05) is 11.6 Å². The first kappa shape index (κ1) is 16.6. The van der Waals surface area contributed by atoms with Crippen LogP contribution < -0.4 is 5.32 Å². The normalized spacial score (nSPS) is 15.9. The van der Waals surface area contributed by atoms with Crippen LogP contribution in [0.1, 0.15) is 31.2 Å². The van der Waals surface area contributed by atoms with Crippen LogP contribution in [0.25, 0.3) is 11.4 Å². The van der Waals surface area contributed by atoms with E-state index in [0.717, 1.165) is 24.0 Å². The highest BCUT2D eigenvalue weighted by Crippen LogP contribution is 2.21. The first-order valence-electron chi connectivity index (χ1n) is 7.77. The number of aromatic nitrogens is 2. The summed E-state index contributed by atoms with van der Waals surface area (Å²) in [5, 5.41) is 5.36. The van der Waals surface area contributed by atoms with Crippen molar-refractivity contribution >= 4 is 15.7 Å². The van der Waals surface area contributed by atoms with Gasteiger partial charge < -0.3 is 9.84 Å². The van der Waals surface area contributed by atoms with Gasteiger partial charge in [-0.2, -0.15) is 4.98 Å². The van der Waals surface area contributed by atoms with E-state index < -0.39 is 26.7 Å². The smallest absolute Gasteiger partial charge is 0.242 e. The zero-order valence-corrected chi connectivity index (χ0v) is 14.3. The number of carbonyl (C=O) groups excluding carboxylic acids is 1. The van der Waals surface area contributed by atoms with Gasteiger partial charge in [-0.1, -0.05) is 35.0 Å². The van der Waals surface area contributed by atoms with Crippen LogP contribution in [0, 0.1) is 6.92 Å². The predicted molar refractivity (Wildman–Crippen MR) is 87.7 cm³/mol. The van der Waals surface area contributed by atoms with Crippen molar-refractivity contribution in [2.75, 3.05) is 0 Å². The Bertz CT molecular complexity index is 838. The van der Waals surface area contributed by atoms with Crippen LogP contribution in [0.15, 0.2) is 28.8 Å². The molecule has 1 aliphatic carbocycles. The largest absolute Gasteiger partial charge is 0.352 e. The molecule has 1 aliphatic rings. The zero-order chi connectivity index (χ0) is 17.3. The van der Waals surface area contributed by atoms with Crippen LogP contribution >= 0.6 is 0 Å². The summed E-state index contributed by atoms with van der Waals surface area (Å²) in [5.74, 6) is -0.617. The second kappa shape index (κ2) is 6.35. The van der Waals surface area contributed by atoms with E-state index in [1.807, 2.05) is 31.2 Å². The Morgan fingerprint density at radius 2 is 2.00 bits per heavy atom. The number of nitrogens with one attached hydrogen (secondary N) is 1. The van der Waals surface area contributed by atoms with Crippen LogP contribution in [0.4, 0.5) is 0 Å². The summed E-state index contributed by atoms with van der Waals surface area (Å²) in [7, 11) is -3.71. The third-order valence-corrected chi connectivity index (χ3v) is 5.87. The molecular weight excluding hydrogens is 330 g/mol. The van der Waals surface area contributed by atoms with E-state index in [9.17, 15) is 13.2 Å². The molecule has 1 aromatic carbocycles. The fourth-order valence-electron chi connectivity index (χ4n) is 2.14. The van der Waals surface area contributed by atoms with E-state index in [-0.39, 0.29) is 11.9 Å². The van der Waals surface area contributed by atoms with E-state index in [4.69, 9.17) is 4.52 Å². The highest BCUT2D eigenvalue weighted by atomic mass is 32.2. The van der Waals surface area contributed by atoms with E-state index >= 15 is 0 Å². The van der Waals surface area contributed by atoms with Crippen LogP contribution in [-0.4, -0.2) is 35.8 Å². The fraction of sp³-hybridized carbons (Fsp3) is 0.438. The number of sulfone groups is 1. The van der Waals surface area contributed by atoms with Gasteiger partial charge in [0.1, 0.15) is 11.0 Å². The number of amides is 1. The van der Waals surface area contributed by atoms with Crippen LogP contribution in [0.2, 0.25) is 0 Å². The van der Waals surface area contributed by atoms with Crippen molar-refractivity contribution in [1.82, 2.24) is 15.5 Å². The van der Waals surface area contributed by atoms with Gasteiger partial charge >= 0.3 is 0 Å². The Hall–Kier alpha value is -2.22. The Morgan fingerprint density at radius 3 is 2.62 bits per heavy atom. The summed E-state index contributed by atoms with van der Waals surface area (Å²) in [5.41, 5.74) is 1.84. The molecule has 24 heavy (non-hydrogen) atoms. The summed E-state index contributed by atoms with van der Waals surface area (Å²) in [6, 6.07) is 7.61. The monoisotopic (exact) mass is 349 g/mol. The van der Waals surface area contributed by atoms with Crippen molar-refractivity contribution in [1.29, 1.82) is 0 Å². The third-order valence-electron chi connectivity index (χ3n) is 3.93. The molecular formula is C16H19N3O4S. The van der Waals surface area contributed by atoms with Gasteiger partial charge in [-0.05, 0) is 26.7 Å². The van der Waals surface area contributed by atoms with Crippen molar-refractivity contribution in [3.63, 3.8) is 0 Å². The maximum atomic E-state index is 12.3. The number of hydrogen-bond donors (Lipinski definition) is 1. The number of hydrogen-bond acceptors (Lipinski definition) is 6. The Kier molecular flexibility index (Phi) is 4.40. The van der Waals surface area contributed by atoms with Gasteiger partial charge in [0.2, 0.25) is 17.6 Å². The van der Waals surface area contributed by atoms with E-state index in [1.165, 1.54) is 6.92 Å². The molecule has 1 fully saturated rings. The maximum Gasteiger partial charge on any atom is 0.242 e. The molecule has 1 unspecified atom stereocenters. The molecule has 1 heterocycles. The summed E-state index contributed by atoms with van der Waals surface area (Å²) < 4.78 is 29.7. The standard InChI is InChI=1S/C16H19N3O4S/c1-10-3-5-12(6-4-10)15-18-14(23-19-15)9-24(21,22)11(2)16(20)17-13-7-8-13/h3-6,11,13H,7-9H2,1-2H3,(H,17,20). The lowest BCUT2D eigenvalue weighted by Crippen LogP contribution is -2.39. The van der Waals surface area contributed by atoms with Crippen molar-refractivity contribution in [2.45, 2.75) is 43.7 Å². The average molecular weight is 349 g/mol. The molecule has 8 heteroatoms. The molecule has 1 amide bonds. The lowest BCUT2D eigenvalue weighted by atomic mass is 10.1. The van der Waals surface area contributed by atoms with Gasteiger partial charge in [0.05, 0.1) is 0 Å². The van der Waals surface area contributed by atoms with Crippen molar-refractivity contribution in [2.24, 2.45) is 0 Å². The minimum atomic E-state index is -3.71. The molecule has 1 saturated carbocycles. The quantitative estimate of drug-likeness (QED) is 0.850. The average Bonchev–Trinajstić information content (AvgIpc) is 3.23. The molecule has 3 rings (SSSR count). The Morgan fingerprint density at radius 1 is 1.33 bits per heavy atom.